The minimum Gasteiger partial charge on any atom is -0.331 e. The lowest BCUT2D eigenvalue weighted by Gasteiger charge is -2.44. The smallest absolute Gasteiger partial charge is 0.242 e. The van der Waals surface area contributed by atoms with Gasteiger partial charge in [-0.25, -0.2) is 9.37 Å². The Kier molecular flexibility index (Phi) is 3.75. The highest BCUT2D eigenvalue weighted by atomic mass is 19.1. The van der Waals surface area contributed by atoms with Gasteiger partial charge in [0.2, 0.25) is 5.91 Å². The summed E-state index contributed by atoms with van der Waals surface area (Å²) in [7, 11) is 0. The molecule has 1 aromatic heterocycles. The van der Waals surface area contributed by atoms with E-state index in [0.29, 0.717) is 13.1 Å². The molecule has 0 aliphatic carbocycles. The molecule has 5 nitrogen and oxygen atoms in total. The second-order valence-electron chi connectivity index (χ2n) is 7.39. The normalized spacial score (nSPS) is 16.8. The third-order valence-electron chi connectivity index (χ3n) is 4.50. The molecule has 1 aliphatic rings. The molecule has 2 heterocycles. The van der Waals surface area contributed by atoms with Gasteiger partial charge < -0.3 is 15.2 Å². The van der Waals surface area contributed by atoms with Crippen LogP contribution >= 0.6 is 0 Å². The molecule has 1 aliphatic heterocycles. The number of halogens is 1. The van der Waals surface area contributed by atoms with Gasteiger partial charge in [0.15, 0.2) is 0 Å². The molecule has 0 saturated heterocycles. The lowest BCUT2D eigenvalue weighted by molar-refractivity contribution is -0.143. The maximum absolute atomic E-state index is 13.1. The first-order chi connectivity index (χ1) is 11.1. The zero-order chi connectivity index (χ0) is 17.7. The summed E-state index contributed by atoms with van der Waals surface area (Å²) < 4.78 is 15.2. The van der Waals surface area contributed by atoms with Gasteiger partial charge in [-0.2, -0.15) is 0 Å². The first kappa shape index (κ1) is 16.6. The van der Waals surface area contributed by atoms with Crippen molar-refractivity contribution in [1.82, 2.24) is 14.5 Å². The number of carbonyl (C=O) groups is 1. The van der Waals surface area contributed by atoms with Crippen LogP contribution in [-0.2, 0) is 16.9 Å². The molecule has 2 N–H and O–H groups in total. The molecule has 24 heavy (non-hydrogen) atoms. The van der Waals surface area contributed by atoms with Crippen molar-refractivity contribution in [3.63, 3.8) is 0 Å². The number of carbonyl (C=O) groups excluding carboxylic acids is 1. The highest BCUT2D eigenvalue weighted by Crippen LogP contribution is 2.34. The van der Waals surface area contributed by atoms with E-state index in [9.17, 15) is 9.18 Å². The third kappa shape index (κ3) is 2.71. The fourth-order valence-corrected chi connectivity index (χ4v) is 3.15. The summed E-state index contributed by atoms with van der Waals surface area (Å²) in [5.74, 6) is 0.445. The summed E-state index contributed by atoms with van der Waals surface area (Å²) >= 11 is 0. The first-order valence-corrected chi connectivity index (χ1v) is 8.05. The van der Waals surface area contributed by atoms with E-state index in [4.69, 9.17) is 10.7 Å². The average Bonchev–Trinajstić information content (AvgIpc) is 2.92. The number of fused-ring (bicyclic) bond motifs is 1. The number of hydrogen-bond acceptors (Lipinski definition) is 3. The largest absolute Gasteiger partial charge is 0.331 e. The Bertz CT molecular complexity index is 771. The van der Waals surface area contributed by atoms with Gasteiger partial charge in [-0.3, -0.25) is 4.79 Å². The highest BCUT2D eigenvalue weighted by molar-refractivity contribution is 5.86. The molecule has 6 heteroatoms. The van der Waals surface area contributed by atoms with Gasteiger partial charge in [-0.15, -0.1) is 0 Å². The molecule has 1 aromatic carbocycles. The number of nitrogens with two attached hydrogens (primary N) is 1. The molecule has 0 atom stereocenters. The van der Waals surface area contributed by atoms with Crippen LogP contribution in [0.4, 0.5) is 4.39 Å². The lowest BCUT2D eigenvalue weighted by Crippen LogP contribution is -2.59. The Hall–Kier alpha value is -2.21. The summed E-state index contributed by atoms with van der Waals surface area (Å²) in [4.78, 5) is 19.2. The van der Waals surface area contributed by atoms with Gasteiger partial charge in [0.25, 0.3) is 0 Å². The Morgan fingerprint density at radius 2 is 1.88 bits per heavy atom. The number of imidazole rings is 1. The highest BCUT2D eigenvalue weighted by Gasteiger charge is 2.43. The van der Waals surface area contributed by atoms with E-state index in [1.54, 1.807) is 30.9 Å². The number of amides is 1. The van der Waals surface area contributed by atoms with Gasteiger partial charge in [0, 0.05) is 24.8 Å². The third-order valence-corrected chi connectivity index (χ3v) is 4.50. The average molecular weight is 330 g/mol. The molecule has 0 unspecified atom stereocenters. The Morgan fingerprint density at radius 1 is 1.25 bits per heavy atom. The van der Waals surface area contributed by atoms with Crippen LogP contribution in [-0.4, -0.2) is 32.4 Å². The zero-order valence-electron chi connectivity index (χ0n) is 14.5. The van der Waals surface area contributed by atoms with Crippen molar-refractivity contribution in [2.75, 3.05) is 6.54 Å². The van der Waals surface area contributed by atoms with Gasteiger partial charge in [-0.1, -0.05) is 0 Å². The SMILES string of the molecule is CC(C)(N)C(=O)N1CCn2cc(-c3ccc(F)cc3)nc2C1(C)C. The van der Waals surface area contributed by atoms with Crippen LogP contribution in [0.1, 0.15) is 33.5 Å². The molecule has 0 saturated carbocycles. The Morgan fingerprint density at radius 3 is 2.46 bits per heavy atom. The van der Waals surface area contributed by atoms with Crippen molar-refractivity contribution in [3.05, 3.63) is 42.1 Å². The van der Waals surface area contributed by atoms with Crippen molar-refractivity contribution < 1.29 is 9.18 Å². The lowest BCUT2D eigenvalue weighted by atomic mass is 9.95. The topological polar surface area (TPSA) is 64.2 Å². The first-order valence-electron chi connectivity index (χ1n) is 8.05. The standard InChI is InChI=1S/C18H23FN4O/c1-17(2,20)16(24)23-10-9-22-11-14(21-15(22)18(23,3)4)12-5-7-13(19)8-6-12/h5-8,11H,9-10,20H2,1-4H3. The van der Waals surface area contributed by atoms with E-state index >= 15 is 0 Å². The zero-order valence-corrected chi connectivity index (χ0v) is 14.5. The number of hydrogen-bond donors (Lipinski definition) is 1. The van der Waals surface area contributed by atoms with Gasteiger partial charge in [-0.05, 0) is 52.0 Å². The maximum atomic E-state index is 13.1. The van der Waals surface area contributed by atoms with Crippen molar-refractivity contribution >= 4 is 5.91 Å². The fourth-order valence-electron chi connectivity index (χ4n) is 3.15. The van der Waals surface area contributed by atoms with Crippen LogP contribution in [0.5, 0.6) is 0 Å². The molecule has 2 aromatic rings. The second kappa shape index (κ2) is 5.41. The molecule has 1 amide bonds. The fraction of sp³-hybridized carbons (Fsp3) is 0.444. The van der Waals surface area contributed by atoms with E-state index in [-0.39, 0.29) is 11.7 Å². The van der Waals surface area contributed by atoms with Gasteiger partial charge >= 0.3 is 0 Å². The number of benzene rings is 1. The number of rotatable bonds is 2. The monoisotopic (exact) mass is 330 g/mol. The van der Waals surface area contributed by atoms with Crippen molar-refractivity contribution in [1.29, 1.82) is 0 Å². The Labute approximate surface area is 141 Å². The molecule has 0 radical (unpaired) electrons. The molecule has 3 rings (SSSR count). The molecular formula is C18H23FN4O. The van der Waals surface area contributed by atoms with Crippen LogP contribution in [0, 0.1) is 5.82 Å². The summed E-state index contributed by atoms with van der Waals surface area (Å²) in [6.07, 6.45) is 1.96. The molecular weight excluding hydrogens is 307 g/mol. The van der Waals surface area contributed by atoms with Crippen LogP contribution in [0.15, 0.2) is 30.5 Å². The van der Waals surface area contributed by atoms with Crippen LogP contribution in [0.25, 0.3) is 11.3 Å². The minimum absolute atomic E-state index is 0.0925. The van der Waals surface area contributed by atoms with Gasteiger partial charge in [0.1, 0.15) is 11.6 Å². The van der Waals surface area contributed by atoms with Gasteiger partial charge in [0.05, 0.1) is 16.8 Å². The molecule has 0 bridgehead atoms. The van der Waals surface area contributed by atoms with Crippen molar-refractivity contribution in [2.45, 2.75) is 45.3 Å². The molecule has 0 fully saturated rings. The van der Waals surface area contributed by atoms with Crippen LogP contribution in [0.3, 0.4) is 0 Å². The van der Waals surface area contributed by atoms with Crippen LogP contribution < -0.4 is 5.73 Å². The molecule has 128 valence electrons. The molecule has 0 spiro atoms. The number of nitrogens with zero attached hydrogens (tertiary/aromatic N) is 3. The maximum Gasteiger partial charge on any atom is 0.242 e. The van der Waals surface area contributed by atoms with E-state index in [1.807, 2.05) is 20.0 Å². The van der Waals surface area contributed by atoms with E-state index in [1.165, 1.54) is 12.1 Å². The summed E-state index contributed by atoms with van der Waals surface area (Å²) in [5.41, 5.74) is 6.15. The Balaban J connectivity index is 1.99. The predicted octanol–water partition coefficient (Wildman–Crippen LogP) is 2.50. The van der Waals surface area contributed by atoms with E-state index in [0.717, 1.165) is 17.1 Å². The summed E-state index contributed by atoms with van der Waals surface area (Å²) in [6.45, 7) is 8.63. The van der Waals surface area contributed by atoms with Crippen LogP contribution in [0.2, 0.25) is 0 Å². The number of aromatic nitrogens is 2. The van der Waals surface area contributed by atoms with E-state index < -0.39 is 11.1 Å². The minimum atomic E-state index is -0.925. The summed E-state index contributed by atoms with van der Waals surface area (Å²) in [5, 5.41) is 0. The summed E-state index contributed by atoms with van der Waals surface area (Å²) in [6, 6.07) is 6.27. The second-order valence-corrected chi connectivity index (χ2v) is 7.39. The van der Waals surface area contributed by atoms with Crippen molar-refractivity contribution in [3.8, 4) is 11.3 Å². The predicted molar refractivity (Wildman–Crippen MR) is 90.6 cm³/mol. The quantitative estimate of drug-likeness (QED) is 0.920. The van der Waals surface area contributed by atoms with E-state index in [2.05, 4.69) is 4.57 Å². The van der Waals surface area contributed by atoms with Crippen molar-refractivity contribution in [2.24, 2.45) is 5.73 Å².